The summed E-state index contributed by atoms with van der Waals surface area (Å²) < 4.78 is 5.02. The standard InChI is InChI=1S/C20H22ClN3O3S/c1-27-20(26)17(13-4-6-15(21)7-5-13)23-8-10-24(11-9-23)19(25)16-12-22-18(28-16)14-2-3-14/h4-7,12,14,17H,2-3,8-11H2,1H3. The number of carbonyl (C=O) groups is 2. The highest BCUT2D eigenvalue weighted by Crippen LogP contribution is 2.41. The van der Waals surface area contributed by atoms with Gasteiger partial charge in [-0.25, -0.2) is 9.78 Å². The van der Waals surface area contributed by atoms with Crippen molar-refractivity contribution in [1.29, 1.82) is 0 Å². The Hall–Kier alpha value is -1.96. The lowest BCUT2D eigenvalue weighted by molar-refractivity contribution is -0.148. The van der Waals surface area contributed by atoms with Crippen molar-refractivity contribution < 1.29 is 14.3 Å². The molecule has 2 heterocycles. The smallest absolute Gasteiger partial charge is 0.327 e. The van der Waals surface area contributed by atoms with Crippen LogP contribution in [0.4, 0.5) is 0 Å². The van der Waals surface area contributed by atoms with Gasteiger partial charge < -0.3 is 9.64 Å². The summed E-state index contributed by atoms with van der Waals surface area (Å²) in [5, 5.41) is 1.70. The van der Waals surface area contributed by atoms with E-state index in [9.17, 15) is 9.59 Å². The Balaban J connectivity index is 1.42. The van der Waals surface area contributed by atoms with Crippen LogP contribution in [0.25, 0.3) is 0 Å². The third-order valence-electron chi connectivity index (χ3n) is 5.24. The molecular formula is C20H22ClN3O3S. The number of aromatic nitrogens is 1. The van der Waals surface area contributed by atoms with Crippen molar-refractivity contribution in [3.63, 3.8) is 0 Å². The van der Waals surface area contributed by atoms with Crippen LogP contribution in [0.15, 0.2) is 30.5 Å². The predicted molar refractivity (Wildman–Crippen MR) is 108 cm³/mol. The molecule has 1 aliphatic heterocycles. The van der Waals surface area contributed by atoms with Crippen LogP contribution in [0, 0.1) is 0 Å². The lowest BCUT2D eigenvalue weighted by Gasteiger charge is -2.38. The third kappa shape index (κ3) is 4.06. The van der Waals surface area contributed by atoms with Gasteiger partial charge in [0.2, 0.25) is 0 Å². The first kappa shape index (κ1) is 19.4. The predicted octanol–water partition coefficient (Wildman–Crippen LogP) is 3.35. The Morgan fingerprint density at radius 2 is 1.86 bits per heavy atom. The van der Waals surface area contributed by atoms with Gasteiger partial charge in [0.15, 0.2) is 0 Å². The second kappa shape index (κ2) is 8.19. The maximum atomic E-state index is 12.8. The first-order valence-corrected chi connectivity index (χ1v) is 10.6. The molecule has 28 heavy (non-hydrogen) atoms. The molecule has 1 atom stereocenters. The summed E-state index contributed by atoms with van der Waals surface area (Å²) in [6.45, 7) is 2.33. The maximum Gasteiger partial charge on any atom is 0.327 e. The molecule has 2 fully saturated rings. The highest BCUT2D eigenvalue weighted by molar-refractivity contribution is 7.13. The number of hydrogen-bond acceptors (Lipinski definition) is 6. The summed E-state index contributed by atoms with van der Waals surface area (Å²) in [4.78, 5) is 34.2. The molecule has 1 amide bonds. The Bertz CT molecular complexity index is 858. The average Bonchev–Trinajstić information content (AvgIpc) is 3.46. The van der Waals surface area contributed by atoms with E-state index in [-0.39, 0.29) is 11.9 Å². The average molecular weight is 420 g/mol. The zero-order valence-electron chi connectivity index (χ0n) is 15.6. The van der Waals surface area contributed by atoms with E-state index in [1.807, 2.05) is 17.0 Å². The van der Waals surface area contributed by atoms with Crippen molar-refractivity contribution >= 4 is 34.8 Å². The van der Waals surface area contributed by atoms with Crippen LogP contribution in [0.5, 0.6) is 0 Å². The number of methoxy groups -OCH3 is 1. The summed E-state index contributed by atoms with van der Waals surface area (Å²) >= 11 is 7.49. The topological polar surface area (TPSA) is 62.7 Å². The Morgan fingerprint density at radius 1 is 1.18 bits per heavy atom. The van der Waals surface area contributed by atoms with Crippen LogP contribution >= 0.6 is 22.9 Å². The van der Waals surface area contributed by atoms with E-state index in [4.69, 9.17) is 16.3 Å². The monoisotopic (exact) mass is 419 g/mol. The van der Waals surface area contributed by atoms with Crippen LogP contribution < -0.4 is 0 Å². The van der Waals surface area contributed by atoms with Gasteiger partial charge in [-0.3, -0.25) is 9.69 Å². The van der Waals surface area contributed by atoms with Crippen molar-refractivity contribution in [3.8, 4) is 0 Å². The molecule has 2 aromatic rings. The van der Waals surface area contributed by atoms with Crippen molar-refractivity contribution in [3.05, 3.63) is 50.9 Å². The van der Waals surface area contributed by atoms with E-state index in [0.29, 0.717) is 42.0 Å². The molecule has 0 spiro atoms. The van der Waals surface area contributed by atoms with E-state index in [1.165, 1.54) is 31.3 Å². The highest BCUT2D eigenvalue weighted by Gasteiger charge is 2.33. The van der Waals surface area contributed by atoms with Crippen molar-refractivity contribution in [2.24, 2.45) is 0 Å². The SMILES string of the molecule is COC(=O)C(c1ccc(Cl)cc1)N1CCN(C(=O)c2cnc(C3CC3)s2)CC1. The normalized spacial score (nSPS) is 18.7. The molecule has 0 bridgehead atoms. The lowest BCUT2D eigenvalue weighted by atomic mass is 10.0. The van der Waals surface area contributed by atoms with Gasteiger partial charge in [-0.1, -0.05) is 23.7 Å². The van der Waals surface area contributed by atoms with Crippen LogP contribution in [0.2, 0.25) is 5.02 Å². The molecule has 0 N–H and O–H groups in total. The molecule has 2 aliphatic rings. The summed E-state index contributed by atoms with van der Waals surface area (Å²) in [6, 6.07) is 6.74. The van der Waals surface area contributed by atoms with E-state index in [0.717, 1.165) is 10.6 Å². The fourth-order valence-electron chi connectivity index (χ4n) is 3.50. The molecule has 4 rings (SSSR count). The van der Waals surface area contributed by atoms with Gasteiger partial charge in [0, 0.05) is 37.1 Å². The van der Waals surface area contributed by atoms with Gasteiger partial charge in [-0.05, 0) is 30.5 Å². The lowest BCUT2D eigenvalue weighted by Crippen LogP contribution is -2.51. The second-order valence-electron chi connectivity index (χ2n) is 7.14. The summed E-state index contributed by atoms with van der Waals surface area (Å²) in [5.74, 6) is 0.285. The number of benzene rings is 1. The minimum atomic E-state index is -0.496. The highest BCUT2D eigenvalue weighted by atomic mass is 35.5. The Labute approximate surface area is 173 Å². The Kier molecular flexibility index (Phi) is 5.66. The molecule has 1 saturated carbocycles. The minimum absolute atomic E-state index is 0.0326. The molecule has 6 nitrogen and oxygen atoms in total. The second-order valence-corrected chi connectivity index (χ2v) is 8.64. The zero-order chi connectivity index (χ0) is 19.7. The Morgan fingerprint density at radius 3 is 2.46 bits per heavy atom. The van der Waals surface area contributed by atoms with Gasteiger partial charge in [0.25, 0.3) is 5.91 Å². The van der Waals surface area contributed by atoms with Crippen LogP contribution in [0.1, 0.15) is 45.0 Å². The zero-order valence-corrected chi connectivity index (χ0v) is 17.2. The first-order valence-electron chi connectivity index (χ1n) is 9.39. The van der Waals surface area contributed by atoms with E-state index >= 15 is 0 Å². The fourth-order valence-corrected chi connectivity index (χ4v) is 4.68. The molecule has 1 aromatic heterocycles. The number of halogens is 1. The molecular weight excluding hydrogens is 398 g/mol. The number of thiazole rings is 1. The maximum absolute atomic E-state index is 12.8. The fraction of sp³-hybridized carbons (Fsp3) is 0.450. The van der Waals surface area contributed by atoms with Crippen molar-refractivity contribution in [2.45, 2.75) is 24.8 Å². The molecule has 8 heteroatoms. The molecule has 1 saturated heterocycles. The summed E-state index contributed by atoms with van der Waals surface area (Å²) in [6.07, 6.45) is 4.07. The molecule has 1 aromatic carbocycles. The largest absolute Gasteiger partial charge is 0.468 e. The van der Waals surface area contributed by atoms with Gasteiger partial charge in [0.05, 0.1) is 18.3 Å². The van der Waals surface area contributed by atoms with Crippen LogP contribution in [0.3, 0.4) is 0 Å². The molecule has 1 aliphatic carbocycles. The minimum Gasteiger partial charge on any atom is -0.468 e. The van der Waals surface area contributed by atoms with E-state index < -0.39 is 6.04 Å². The summed E-state index contributed by atoms with van der Waals surface area (Å²) in [5.41, 5.74) is 0.840. The number of rotatable bonds is 5. The van der Waals surface area contributed by atoms with E-state index in [1.54, 1.807) is 18.3 Å². The number of amides is 1. The molecule has 0 radical (unpaired) electrons. The number of nitrogens with zero attached hydrogens (tertiary/aromatic N) is 3. The molecule has 148 valence electrons. The van der Waals surface area contributed by atoms with Crippen molar-refractivity contribution in [2.75, 3.05) is 33.3 Å². The van der Waals surface area contributed by atoms with Gasteiger partial charge in [-0.15, -0.1) is 11.3 Å². The van der Waals surface area contributed by atoms with Gasteiger partial charge in [0.1, 0.15) is 10.9 Å². The summed E-state index contributed by atoms with van der Waals surface area (Å²) in [7, 11) is 1.40. The number of hydrogen-bond donors (Lipinski definition) is 0. The van der Waals surface area contributed by atoms with Crippen molar-refractivity contribution in [1.82, 2.24) is 14.8 Å². The van der Waals surface area contributed by atoms with E-state index in [2.05, 4.69) is 9.88 Å². The number of esters is 1. The van der Waals surface area contributed by atoms with Gasteiger partial charge in [-0.2, -0.15) is 0 Å². The number of piperazine rings is 1. The van der Waals surface area contributed by atoms with Crippen LogP contribution in [-0.4, -0.2) is 59.9 Å². The quantitative estimate of drug-likeness (QED) is 0.695. The number of carbonyl (C=O) groups excluding carboxylic acids is 2. The molecule has 1 unspecified atom stereocenters. The number of ether oxygens (including phenoxy) is 1. The van der Waals surface area contributed by atoms with Crippen LogP contribution in [-0.2, 0) is 9.53 Å². The third-order valence-corrected chi connectivity index (χ3v) is 6.64. The first-order chi connectivity index (χ1) is 13.6. The van der Waals surface area contributed by atoms with Gasteiger partial charge >= 0.3 is 5.97 Å².